The van der Waals surface area contributed by atoms with Crippen LogP contribution in [0.25, 0.3) is 11.4 Å². The predicted octanol–water partition coefficient (Wildman–Crippen LogP) is 3.99. The molecule has 164 valence electrons. The van der Waals surface area contributed by atoms with E-state index in [1.807, 2.05) is 31.2 Å². The lowest BCUT2D eigenvalue weighted by Gasteiger charge is -2.34. The molecule has 2 heterocycles. The van der Waals surface area contributed by atoms with Crippen LogP contribution in [-0.4, -0.2) is 46.7 Å². The number of aromatic nitrogens is 3. The second kappa shape index (κ2) is 10.3. The van der Waals surface area contributed by atoms with Crippen molar-refractivity contribution in [3.05, 3.63) is 34.6 Å². The van der Waals surface area contributed by atoms with E-state index in [-0.39, 0.29) is 24.2 Å². The van der Waals surface area contributed by atoms with Crippen LogP contribution in [0, 0.1) is 17.1 Å². The second-order valence-corrected chi connectivity index (χ2v) is 8.62. The van der Waals surface area contributed by atoms with Crippen LogP contribution in [0.2, 0.25) is 0 Å². The maximum absolute atomic E-state index is 12.5. The Labute approximate surface area is 183 Å². The van der Waals surface area contributed by atoms with Crippen molar-refractivity contribution in [1.82, 2.24) is 20.1 Å². The number of rotatable bonds is 10. The van der Waals surface area contributed by atoms with Gasteiger partial charge in [0.05, 0.1) is 13.2 Å². The summed E-state index contributed by atoms with van der Waals surface area (Å²) < 4.78 is 13.7. The predicted molar refractivity (Wildman–Crippen MR) is 119 cm³/mol. The quantitative estimate of drug-likeness (QED) is 0.438. The molecule has 1 saturated heterocycles. The summed E-state index contributed by atoms with van der Waals surface area (Å²) in [5.74, 6) is 0.590. The summed E-state index contributed by atoms with van der Waals surface area (Å²) in [6.45, 7) is 8.49. The Bertz CT molecular complexity index is 887. The summed E-state index contributed by atoms with van der Waals surface area (Å²) >= 11 is 5.33. The Morgan fingerprint density at radius 1 is 1.30 bits per heavy atom. The number of aryl methyl sites for hydroxylation is 1. The minimum atomic E-state index is -0.144. The van der Waals surface area contributed by atoms with Crippen molar-refractivity contribution in [3.8, 4) is 11.4 Å². The van der Waals surface area contributed by atoms with Crippen molar-refractivity contribution in [1.29, 1.82) is 0 Å². The lowest BCUT2D eigenvalue weighted by Crippen LogP contribution is -2.35. The van der Waals surface area contributed by atoms with E-state index in [0.29, 0.717) is 30.4 Å². The zero-order valence-electron chi connectivity index (χ0n) is 18.1. The van der Waals surface area contributed by atoms with E-state index in [0.717, 1.165) is 31.2 Å². The van der Waals surface area contributed by atoms with Crippen LogP contribution >= 0.6 is 12.2 Å². The van der Waals surface area contributed by atoms with Crippen molar-refractivity contribution in [2.45, 2.75) is 59.3 Å². The highest BCUT2D eigenvalue weighted by Gasteiger charge is 2.37. The van der Waals surface area contributed by atoms with Gasteiger partial charge in [-0.25, -0.2) is 0 Å². The molecule has 1 atom stereocenters. The molecule has 0 aliphatic carbocycles. The fourth-order valence-corrected chi connectivity index (χ4v) is 4.20. The second-order valence-electron chi connectivity index (χ2n) is 8.24. The Morgan fingerprint density at radius 3 is 2.67 bits per heavy atom. The highest BCUT2D eigenvalue weighted by molar-refractivity contribution is 7.71. The van der Waals surface area contributed by atoms with Crippen LogP contribution in [0.4, 0.5) is 0 Å². The Morgan fingerprint density at radius 2 is 2.00 bits per heavy atom. The Balaban J connectivity index is 1.53. The van der Waals surface area contributed by atoms with E-state index in [1.165, 1.54) is 5.56 Å². The summed E-state index contributed by atoms with van der Waals surface area (Å²) in [6.07, 6.45) is 3.77. The normalized spacial score (nSPS) is 16.5. The molecule has 0 spiro atoms. The van der Waals surface area contributed by atoms with E-state index in [4.69, 9.17) is 21.7 Å². The number of H-pyrrole nitrogens is 1. The van der Waals surface area contributed by atoms with Crippen molar-refractivity contribution in [2.75, 3.05) is 19.8 Å². The number of aromatic amines is 1. The maximum Gasteiger partial charge on any atom is 0.240 e. The molecule has 1 amide bonds. The maximum atomic E-state index is 12.5. The SMILES string of the molecule is CCCC(C)(CCCNC(=O)Cn1c(-c2ccc(C)cc2)n[nH]c1=S)C1OCCO1. The molecule has 2 N–H and O–H groups in total. The minimum Gasteiger partial charge on any atom is -0.355 e. The lowest BCUT2D eigenvalue weighted by molar-refractivity contribution is -0.133. The number of amides is 1. The summed E-state index contributed by atoms with van der Waals surface area (Å²) in [4.78, 5) is 12.5. The van der Waals surface area contributed by atoms with Crippen molar-refractivity contribution < 1.29 is 14.3 Å². The molecule has 0 saturated carbocycles. The third kappa shape index (κ3) is 5.56. The molecule has 30 heavy (non-hydrogen) atoms. The zero-order chi connectivity index (χ0) is 21.6. The number of ether oxygens (including phenoxy) is 2. The summed E-state index contributed by atoms with van der Waals surface area (Å²) in [5.41, 5.74) is 2.06. The average molecular weight is 433 g/mol. The van der Waals surface area contributed by atoms with Gasteiger partial charge in [0.1, 0.15) is 6.54 Å². The molecule has 1 aliphatic heterocycles. The number of hydrogen-bond donors (Lipinski definition) is 2. The topological polar surface area (TPSA) is 81.2 Å². The molecular weight excluding hydrogens is 400 g/mol. The van der Waals surface area contributed by atoms with Crippen LogP contribution < -0.4 is 5.32 Å². The van der Waals surface area contributed by atoms with Gasteiger partial charge in [-0.2, -0.15) is 5.10 Å². The lowest BCUT2D eigenvalue weighted by atomic mass is 9.80. The zero-order valence-corrected chi connectivity index (χ0v) is 18.9. The molecular formula is C22H32N4O3S. The molecule has 2 aromatic rings. The van der Waals surface area contributed by atoms with Crippen LogP contribution in [0.3, 0.4) is 0 Å². The van der Waals surface area contributed by atoms with Crippen LogP contribution in [0.1, 0.15) is 45.1 Å². The van der Waals surface area contributed by atoms with Gasteiger partial charge in [-0.15, -0.1) is 0 Å². The van der Waals surface area contributed by atoms with Crippen molar-refractivity contribution >= 4 is 18.1 Å². The summed E-state index contributed by atoms with van der Waals surface area (Å²) in [5, 5.41) is 10.1. The van der Waals surface area contributed by atoms with Crippen molar-refractivity contribution in [3.63, 3.8) is 0 Å². The first-order chi connectivity index (χ1) is 14.4. The van der Waals surface area contributed by atoms with Gasteiger partial charge in [-0.05, 0) is 38.4 Å². The largest absolute Gasteiger partial charge is 0.355 e. The summed E-state index contributed by atoms with van der Waals surface area (Å²) in [6, 6.07) is 8.00. The van der Waals surface area contributed by atoms with Gasteiger partial charge in [-0.1, -0.05) is 50.1 Å². The van der Waals surface area contributed by atoms with E-state index in [1.54, 1.807) is 4.57 Å². The van der Waals surface area contributed by atoms with E-state index in [2.05, 4.69) is 29.4 Å². The van der Waals surface area contributed by atoms with Gasteiger partial charge in [0.15, 0.2) is 16.9 Å². The molecule has 1 fully saturated rings. The fourth-order valence-electron chi connectivity index (χ4n) is 4.00. The first-order valence-corrected chi connectivity index (χ1v) is 11.1. The number of nitrogens with one attached hydrogen (secondary N) is 2. The molecule has 0 bridgehead atoms. The summed E-state index contributed by atoms with van der Waals surface area (Å²) in [7, 11) is 0. The van der Waals surface area contributed by atoms with Gasteiger partial charge in [0, 0.05) is 17.5 Å². The van der Waals surface area contributed by atoms with E-state index in [9.17, 15) is 4.79 Å². The first kappa shape index (κ1) is 22.7. The van der Waals surface area contributed by atoms with Crippen molar-refractivity contribution in [2.24, 2.45) is 5.41 Å². The molecule has 8 heteroatoms. The molecule has 0 radical (unpaired) electrons. The Kier molecular flexibility index (Phi) is 7.80. The number of nitrogens with zero attached hydrogens (tertiary/aromatic N) is 2. The van der Waals surface area contributed by atoms with Crippen LogP contribution in [0.15, 0.2) is 24.3 Å². The van der Waals surface area contributed by atoms with Gasteiger partial charge >= 0.3 is 0 Å². The molecule has 1 unspecified atom stereocenters. The van der Waals surface area contributed by atoms with E-state index < -0.39 is 0 Å². The average Bonchev–Trinajstić information content (AvgIpc) is 3.38. The highest BCUT2D eigenvalue weighted by Crippen LogP contribution is 2.37. The number of benzene rings is 1. The van der Waals surface area contributed by atoms with Crippen LogP contribution in [-0.2, 0) is 20.8 Å². The molecule has 1 aromatic carbocycles. The fraction of sp³-hybridized carbons (Fsp3) is 0.591. The van der Waals surface area contributed by atoms with E-state index >= 15 is 0 Å². The smallest absolute Gasteiger partial charge is 0.240 e. The van der Waals surface area contributed by atoms with Gasteiger partial charge in [0.2, 0.25) is 5.91 Å². The van der Waals surface area contributed by atoms with Gasteiger partial charge in [0.25, 0.3) is 0 Å². The molecule has 3 rings (SSSR count). The van der Waals surface area contributed by atoms with Crippen LogP contribution in [0.5, 0.6) is 0 Å². The standard InChI is InChI=1S/C22H32N4O3S/c1-4-10-22(3,20-28-13-14-29-20)11-5-12-23-18(27)15-26-19(24-25-21(26)30)17-8-6-16(2)7-9-17/h6-9,20H,4-5,10-15H2,1-3H3,(H,23,27)(H,25,30). The molecule has 7 nitrogen and oxygen atoms in total. The minimum absolute atomic E-state index is 0.0261. The Hall–Kier alpha value is -2.03. The first-order valence-electron chi connectivity index (χ1n) is 10.6. The number of hydrogen-bond acceptors (Lipinski definition) is 5. The molecule has 1 aliphatic rings. The monoisotopic (exact) mass is 432 g/mol. The third-order valence-electron chi connectivity index (χ3n) is 5.63. The van der Waals surface area contributed by atoms with Gasteiger partial charge in [-0.3, -0.25) is 14.5 Å². The highest BCUT2D eigenvalue weighted by atomic mass is 32.1. The number of carbonyl (C=O) groups is 1. The van der Waals surface area contributed by atoms with Gasteiger partial charge < -0.3 is 14.8 Å². The third-order valence-corrected chi connectivity index (χ3v) is 5.94. The molecule has 1 aromatic heterocycles. The number of carbonyl (C=O) groups excluding carboxylic acids is 1.